The first-order chi connectivity index (χ1) is 9.74. The van der Waals surface area contributed by atoms with Crippen molar-refractivity contribution in [2.24, 2.45) is 7.05 Å². The number of aromatic nitrogens is 3. The second-order valence-corrected chi connectivity index (χ2v) is 5.26. The average Bonchev–Trinajstić information content (AvgIpc) is 2.86. The van der Waals surface area contributed by atoms with Crippen LogP contribution in [0.1, 0.15) is 39.5 Å². The van der Waals surface area contributed by atoms with Crippen LogP contribution in [0.4, 0.5) is 5.69 Å². The molecule has 1 aromatic carbocycles. The molecule has 0 fully saturated rings. The Morgan fingerprint density at radius 1 is 1.10 bits per heavy atom. The van der Waals surface area contributed by atoms with Gasteiger partial charge in [0.2, 0.25) is 0 Å². The second-order valence-electron chi connectivity index (χ2n) is 5.26. The lowest BCUT2D eigenvalue weighted by molar-refractivity contribution is 0.586. The third-order valence-corrected chi connectivity index (χ3v) is 3.50. The van der Waals surface area contributed by atoms with Gasteiger partial charge in [0.15, 0.2) is 5.82 Å². The maximum Gasteiger partial charge on any atom is 0.163 e. The molecule has 20 heavy (non-hydrogen) atoms. The lowest BCUT2D eigenvalue weighted by atomic mass is 10.1. The van der Waals surface area contributed by atoms with E-state index in [1.54, 1.807) is 6.33 Å². The molecule has 0 aliphatic heterocycles. The Hall–Kier alpha value is -1.84. The van der Waals surface area contributed by atoms with Crippen molar-refractivity contribution in [2.45, 2.75) is 45.6 Å². The summed E-state index contributed by atoms with van der Waals surface area (Å²) in [5.41, 5.74) is 2.28. The highest BCUT2D eigenvalue weighted by Gasteiger charge is 2.08. The molecule has 0 unspecified atom stereocenters. The van der Waals surface area contributed by atoms with E-state index in [2.05, 4.69) is 53.6 Å². The van der Waals surface area contributed by atoms with E-state index in [1.807, 2.05) is 11.6 Å². The van der Waals surface area contributed by atoms with Gasteiger partial charge in [0, 0.05) is 24.3 Å². The fourth-order valence-electron chi connectivity index (χ4n) is 2.48. The van der Waals surface area contributed by atoms with E-state index in [9.17, 15) is 0 Å². The van der Waals surface area contributed by atoms with Crippen LogP contribution in [0.15, 0.2) is 30.6 Å². The number of rotatable bonds is 7. The van der Waals surface area contributed by atoms with Crippen LogP contribution in [-0.2, 0) is 7.05 Å². The number of benzene rings is 1. The third kappa shape index (κ3) is 3.59. The maximum absolute atomic E-state index is 4.13. The van der Waals surface area contributed by atoms with Gasteiger partial charge >= 0.3 is 0 Å². The number of hydrogen-bond donors (Lipinski definition) is 1. The minimum Gasteiger partial charge on any atom is -0.382 e. The van der Waals surface area contributed by atoms with Crippen LogP contribution < -0.4 is 5.32 Å². The molecular weight excluding hydrogens is 248 g/mol. The Morgan fingerprint density at radius 3 is 2.25 bits per heavy atom. The molecule has 2 rings (SSSR count). The average molecular weight is 272 g/mol. The third-order valence-electron chi connectivity index (χ3n) is 3.50. The lowest BCUT2D eigenvalue weighted by Crippen LogP contribution is -2.18. The van der Waals surface area contributed by atoms with Crippen LogP contribution in [0.25, 0.3) is 11.4 Å². The summed E-state index contributed by atoms with van der Waals surface area (Å²) in [6.45, 7) is 4.48. The van der Waals surface area contributed by atoms with Gasteiger partial charge < -0.3 is 9.88 Å². The SMILES string of the molecule is CCCC(CCC)Nc1ccc(-c2nncn2C)cc1. The van der Waals surface area contributed by atoms with Crippen molar-refractivity contribution in [3.8, 4) is 11.4 Å². The predicted molar refractivity (Wildman–Crippen MR) is 83.7 cm³/mol. The van der Waals surface area contributed by atoms with Gasteiger partial charge in [-0.3, -0.25) is 0 Å². The summed E-state index contributed by atoms with van der Waals surface area (Å²) in [5, 5.41) is 11.7. The van der Waals surface area contributed by atoms with Gasteiger partial charge in [0.25, 0.3) is 0 Å². The normalized spacial score (nSPS) is 11.0. The molecule has 0 saturated carbocycles. The standard InChI is InChI=1S/C16H24N4/c1-4-6-14(7-5-2)18-15-10-8-13(9-11-15)16-19-17-12-20(16)3/h8-12,14,18H,4-7H2,1-3H3. The van der Waals surface area contributed by atoms with Gasteiger partial charge in [-0.05, 0) is 37.1 Å². The van der Waals surface area contributed by atoms with Crippen LogP contribution in [0.2, 0.25) is 0 Å². The highest BCUT2D eigenvalue weighted by atomic mass is 15.2. The van der Waals surface area contributed by atoms with Crippen molar-refractivity contribution < 1.29 is 0 Å². The van der Waals surface area contributed by atoms with Crippen molar-refractivity contribution in [1.82, 2.24) is 14.8 Å². The van der Waals surface area contributed by atoms with Crippen LogP contribution in [0, 0.1) is 0 Å². The van der Waals surface area contributed by atoms with Gasteiger partial charge in [0.1, 0.15) is 6.33 Å². The molecule has 1 aromatic heterocycles. The largest absolute Gasteiger partial charge is 0.382 e. The molecule has 4 nitrogen and oxygen atoms in total. The molecule has 108 valence electrons. The number of hydrogen-bond acceptors (Lipinski definition) is 3. The van der Waals surface area contributed by atoms with E-state index in [0.717, 1.165) is 11.4 Å². The zero-order valence-electron chi connectivity index (χ0n) is 12.6. The van der Waals surface area contributed by atoms with Crippen molar-refractivity contribution in [3.63, 3.8) is 0 Å². The number of nitrogens with one attached hydrogen (secondary N) is 1. The summed E-state index contributed by atoms with van der Waals surface area (Å²) in [6, 6.07) is 9.03. The zero-order chi connectivity index (χ0) is 14.4. The second kappa shape index (κ2) is 7.08. The molecule has 0 spiro atoms. The highest BCUT2D eigenvalue weighted by Crippen LogP contribution is 2.20. The minimum absolute atomic E-state index is 0.575. The first-order valence-electron chi connectivity index (χ1n) is 7.45. The molecule has 0 amide bonds. The molecule has 0 atom stereocenters. The number of aryl methyl sites for hydroxylation is 1. The summed E-state index contributed by atoms with van der Waals surface area (Å²) >= 11 is 0. The Labute approximate surface area is 121 Å². The molecular formula is C16H24N4. The smallest absolute Gasteiger partial charge is 0.163 e. The Kier molecular flexibility index (Phi) is 5.16. The Bertz CT molecular complexity index is 510. The Morgan fingerprint density at radius 2 is 1.75 bits per heavy atom. The van der Waals surface area contributed by atoms with E-state index < -0.39 is 0 Å². The van der Waals surface area contributed by atoms with Crippen LogP contribution in [-0.4, -0.2) is 20.8 Å². The molecule has 1 N–H and O–H groups in total. The Balaban J connectivity index is 2.06. The van der Waals surface area contributed by atoms with Crippen molar-refractivity contribution >= 4 is 5.69 Å². The molecule has 0 bridgehead atoms. The van der Waals surface area contributed by atoms with Gasteiger partial charge in [-0.25, -0.2) is 0 Å². The van der Waals surface area contributed by atoms with Gasteiger partial charge in [0.05, 0.1) is 0 Å². The minimum atomic E-state index is 0.575. The molecule has 0 saturated heterocycles. The maximum atomic E-state index is 4.13. The molecule has 4 heteroatoms. The summed E-state index contributed by atoms with van der Waals surface area (Å²) < 4.78 is 1.93. The summed E-state index contributed by atoms with van der Waals surface area (Å²) in [6.07, 6.45) is 6.60. The van der Waals surface area contributed by atoms with Gasteiger partial charge in [-0.2, -0.15) is 0 Å². The molecule has 0 aliphatic rings. The van der Waals surface area contributed by atoms with Crippen LogP contribution >= 0.6 is 0 Å². The summed E-state index contributed by atoms with van der Waals surface area (Å²) in [7, 11) is 1.96. The first-order valence-corrected chi connectivity index (χ1v) is 7.45. The lowest BCUT2D eigenvalue weighted by Gasteiger charge is -2.18. The van der Waals surface area contributed by atoms with Crippen LogP contribution in [0.5, 0.6) is 0 Å². The highest BCUT2D eigenvalue weighted by molar-refractivity contribution is 5.59. The quantitative estimate of drug-likeness (QED) is 0.832. The van der Waals surface area contributed by atoms with E-state index in [0.29, 0.717) is 6.04 Å². The van der Waals surface area contributed by atoms with Crippen molar-refractivity contribution in [1.29, 1.82) is 0 Å². The molecule has 0 aliphatic carbocycles. The monoisotopic (exact) mass is 272 g/mol. The number of anilines is 1. The first kappa shape index (κ1) is 14.6. The predicted octanol–water partition coefficient (Wildman–Crippen LogP) is 3.86. The number of nitrogens with zero attached hydrogens (tertiary/aromatic N) is 3. The van der Waals surface area contributed by atoms with E-state index in [4.69, 9.17) is 0 Å². The van der Waals surface area contributed by atoms with E-state index in [1.165, 1.54) is 31.4 Å². The molecule has 2 aromatic rings. The fraction of sp³-hybridized carbons (Fsp3) is 0.500. The molecule has 1 heterocycles. The molecule has 0 radical (unpaired) electrons. The van der Waals surface area contributed by atoms with Gasteiger partial charge in [-0.1, -0.05) is 26.7 Å². The van der Waals surface area contributed by atoms with E-state index >= 15 is 0 Å². The van der Waals surface area contributed by atoms with Crippen molar-refractivity contribution in [3.05, 3.63) is 30.6 Å². The summed E-state index contributed by atoms with van der Waals surface area (Å²) in [4.78, 5) is 0. The van der Waals surface area contributed by atoms with Gasteiger partial charge in [-0.15, -0.1) is 10.2 Å². The van der Waals surface area contributed by atoms with Crippen molar-refractivity contribution in [2.75, 3.05) is 5.32 Å². The van der Waals surface area contributed by atoms with E-state index in [-0.39, 0.29) is 0 Å². The van der Waals surface area contributed by atoms with Crippen LogP contribution in [0.3, 0.4) is 0 Å². The topological polar surface area (TPSA) is 42.7 Å². The summed E-state index contributed by atoms with van der Waals surface area (Å²) in [5.74, 6) is 0.898. The fourth-order valence-corrected chi connectivity index (χ4v) is 2.48. The zero-order valence-corrected chi connectivity index (χ0v) is 12.6.